The smallest absolute Gasteiger partial charge is 0.444 e. The molecule has 1 aromatic heterocycles. The number of hydrogen-bond acceptors (Lipinski definition) is 4. The van der Waals surface area contributed by atoms with Gasteiger partial charge in [0.05, 0.1) is 10.2 Å². The van der Waals surface area contributed by atoms with Gasteiger partial charge in [-0.2, -0.15) is 18.2 Å². The zero-order chi connectivity index (χ0) is 23.0. The Balaban J connectivity index is 1.82. The van der Waals surface area contributed by atoms with Gasteiger partial charge >= 0.3 is 18.2 Å². The Bertz CT molecular complexity index is 1050. The van der Waals surface area contributed by atoms with Gasteiger partial charge in [0.15, 0.2) is 4.80 Å². The van der Waals surface area contributed by atoms with Crippen molar-refractivity contribution in [3.8, 4) is 0 Å². The van der Waals surface area contributed by atoms with Crippen LogP contribution >= 0.6 is 22.9 Å². The largest absolute Gasteiger partial charge is 0.473 e. The molecular weight excluding hydrogens is 455 g/mol. The lowest BCUT2D eigenvalue weighted by Gasteiger charge is -2.33. The fourth-order valence-electron chi connectivity index (χ4n) is 3.34. The molecule has 2 amide bonds. The topological polar surface area (TPSA) is 63.9 Å². The number of benzene rings is 1. The zero-order valence-electron chi connectivity index (χ0n) is 17.3. The van der Waals surface area contributed by atoms with Gasteiger partial charge in [-0.3, -0.25) is 4.79 Å². The predicted molar refractivity (Wildman–Crippen MR) is 112 cm³/mol. The third kappa shape index (κ3) is 6.00. The van der Waals surface area contributed by atoms with E-state index in [4.69, 9.17) is 16.3 Å². The van der Waals surface area contributed by atoms with Crippen LogP contribution in [0.3, 0.4) is 0 Å². The van der Waals surface area contributed by atoms with E-state index >= 15 is 0 Å². The van der Waals surface area contributed by atoms with Gasteiger partial charge in [-0.15, -0.1) is 0 Å². The van der Waals surface area contributed by atoms with Crippen LogP contribution in [0.4, 0.5) is 18.0 Å². The maximum atomic E-state index is 12.8. The fourth-order valence-corrected chi connectivity index (χ4v) is 4.66. The number of ether oxygens (including phenoxy) is 1. The summed E-state index contributed by atoms with van der Waals surface area (Å²) in [6.45, 7) is 6.76. The summed E-state index contributed by atoms with van der Waals surface area (Å²) in [6, 6.07) is 4.99. The summed E-state index contributed by atoms with van der Waals surface area (Å²) in [6.07, 6.45) is -4.10. The van der Waals surface area contributed by atoms with E-state index in [0.29, 0.717) is 47.7 Å². The maximum absolute atomic E-state index is 12.8. The molecule has 1 aliphatic rings. The lowest BCUT2D eigenvalue weighted by molar-refractivity contribution is -0.169. The van der Waals surface area contributed by atoms with E-state index in [0.717, 1.165) is 11.3 Å². The minimum absolute atomic E-state index is 0.0193. The van der Waals surface area contributed by atoms with Crippen molar-refractivity contribution in [2.75, 3.05) is 13.1 Å². The van der Waals surface area contributed by atoms with Crippen LogP contribution in [-0.4, -0.2) is 46.3 Å². The number of thiazole rings is 1. The Labute approximate surface area is 186 Å². The SMILES string of the molecule is CC(C)(C)OC(=O)N1CCC(Cn2c(=NC(=O)C(F)(F)F)sc3cc(Cl)ccc32)CC1. The van der Waals surface area contributed by atoms with Gasteiger partial charge in [0, 0.05) is 24.7 Å². The summed E-state index contributed by atoms with van der Waals surface area (Å²) >= 11 is 7.00. The van der Waals surface area contributed by atoms with Gasteiger partial charge in [0.2, 0.25) is 0 Å². The molecule has 0 bridgehead atoms. The summed E-state index contributed by atoms with van der Waals surface area (Å²) < 4.78 is 46.0. The Morgan fingerprint density at radius 3 is 2.45 bits per heavy atom. The molecule has 2 aromatic rings. The monoisotopic (exact) mass is 477 g/mol. The molecule has 31 heavy (non-hydrogen) atoms. The summed E-state index contributed by atoms with van der Waals surface area (Å²) in [5.74, 6) is -2.04. The molecule has 1 aromatic carbocycles. The first-order valence-electron chi connectivity index (χ1n) is 9.76. The molecular formula is C20H23ClF3N3O3S. The van der Waals surface area contributed by atoms with E-state index < -0.39 is 17.7 Å². The second-order valence-corrected chi connectivity index (χ2v) is 9.88. The zero-order valence-corrected chi connectivity index (χ0v) is 18.9. The van der Waals surface area contributed by atoms with Crippen LogP contribution in [0.2, 0.25) is 5.02 Å². The molecule has 0 unspecified atom stereocenters. The highest BCUT2D eigenvalue weighted by atomic mass is 35.5. The van der Waals surface area contributed by atoms with Crippen LogP contribution in [0.25, 0.3) is 10.2 Å². The normalized spacial score (nSPS) is 16.7. The van der Waals surface area contributed by atoms with Crippen molar-refractivity contribution in [1.82, 2.24) is 9.47 Å². The Morgan fingerprint density at radius 1 is 1.23 bits per heavy atom. The van der Waals surface area contributed by atoms with Crippen molar-refractivity contribution < 1.29 is 27.5 Å². The number of likely N-dealkylation sites (tertiary alicyclic amines) is 1. The van der Waals surface area contributed by atoms with Crippen LogP contribution in [0.1, 0.15) is 33.6 Å². The molecule has 1 saturated heterocycles. The summed E-state index contributed by atoms with van der Waals surface area (Å²) in [4.78, 5) is 28.7. The van der Waals surface area contributed by atoms with Gasteiger partial charge in [0.25, 0.3) is 0 Å². The Kier molecular flexibility index (Phi) is 6.71. The van der Waals surface area contributed by atoms with Gasteiger partial charge in [0.1, 0.15) is 5.60 Å². The maximum Gasteiger partial charge on any atom is 0.473 e. The number of halogens is 4. The van der Waals surface area contributed by atoms with Crippen molar-refractivity contribution >= 4 is 45.2 Å². The number of nitrogens with zero attached hydrogens (tertiary/aromatic N) is 3. The number of carbonyl (C=O) groups excluding carboxylic acids is 2. The van der Waals surface area contributed by atoms with Crippen LogP contribution in [0.5, 0.6) is 0 Å². The Morgan fingerprint density at radius 2 is 1.87 bits per heavy atom. The van der Waals surface area contributed by atoms with Crippen molar-refractivity contribution in [1.29, 1.82) is 0 Å². The van der Waals surface area contributed by atoms with Crippen molar-refractivity contribution in [3.05, 3.63) is 28.0 Å². The van der Waals surface area contributed by atoms with E-state index in [1.807, 2.05) is 0 Å². The first kappa shape index (κ1) is 23.6. The number of hydrogen-bond donors (Lipinski definition) is 0. The minimum atomic E-state index is -5.04. The molecule has 3 rings (SSSR count). The lowest BCUT2D eigenvalue weighted by atomic mass is 9.97. The number of rotatable bonds is 2. The molecule has 0 radical (unpaired) electrons. The summed E-state index contributed by atoms with van der Waals surface area (Å²) in [7, 11) is 0. The average molecular weight is 478 g/mol. The van der Waals surface area contributed by atoms with Crippen LogP contribution in [0.15, 0.2) is 23.2 Å². The molecule has 170 valence electrons. The van der Waals surface area contributed by atoms with Gasteiger partial charge in [-0.25, -0.2) is 4.79 Å². The molecule has 0 saturated carbocycles. The van der Waals surface area contributed by atoms with Crippen molar-refractivity contribution in [2.24, 2.45) is 10.9 Å². The number of carbonyl (C=O) groups is 2. The number of piperidine rings is 1. The molecule has 1 aliphatic heterocycles. The molecule has 0 spiro atoms. The first-order chi connectivity index (χ1) is 14.3. The summed E-state index contributed by atoms with van der Waals surface area (Å²) in [5, 5.41) is 0.445. The van der Waals surface area contributed by atoms with Crippen LogP contribution in [0, 0.1) is 5.92 Å². The van der Waals surface area contributed by atoms with E-state index in [-0.39, 0.29) is 16.8 Å². The molecule has 0 atom stereocenters. The second kappa shape index (κ2) is 8.82. The molecule has 6 nitrogen and oxygen atoms in total. The number of amides is 2. The van der Waals surface area contributed by atoms with E-state index in [2.05, 4.69) is 4.99 Å². The highest BCUT2D eigenvalue weighted by Gasteiger charge is 2.39. The standard InChI is InChI=1S/C20H23ClF3N3O3S/c1-19(2,3)30-18(29)26-8-6-12(7-9-26)11-27-14-5-4-13(21)10-15(14)31-17(27)25-16(28)20(22,23)24/h4-5,10,12H,6-9,11H2,1-3H3. The number of alkyl halides is 3. The number of aromatic nitrogens is 1. The number of fused-ring (bicyclic) bond motifs is 1. The molecule has 11 heteroatoms. The lowest BCUT2D eigenvalue weighted by Crippen LogP contribution is -2.42. The molecule has 0 aliphatic carbocycles. The molecule has 1 fully saturated rings. The predicted octanol–water partition coefficient (Wildman–Crippen LogP) is 4.99. The van der Waals surface area contributed by atoms with E-state index in [9.17, 15) is 22.8 Å². The quantitative estimate of drug-likeness (QED) is 0.612. The minimum Gasteiger partial charge on any atom is -0.444 e. The third-order valence-corrected chi connectivity index (χ3v) is 6.07. The van der Waals surface area contributed by atoms with E-state index in [1.165, 1.54) is 0 Å². The van der Waals surface area contributed by atoms with Crippen LogP contribution < -0.4 is 4.80 Å². The van der Waals surface area contributed by atoms with E-state index in [1.54, 1.807) is 48.4 Å². The molecule has 0 N–H and O–H groups in total. The highest BCUT2D eigenvalue weighted by Crippen LogP contribution is 2.26. The average Bonchev–Trinajstić information content (AvgIpc) is 2.96. The molecule has 2 heterocycles. The van der Waals surface area contributed by atoms with Crippen molar-refractivity contribution in [2.45, 2.75) is 51.9 Å². The van der Waals surface area contributed by atoms with Gasteiger partial charge in [-0.1, -0.05) is 22.9 Å². The van der Waals surface area contributed by atoms with Crippen molar-refractivity contribution in [3.63, 3.8) is 0 Å². The summed E-state index contributed by atoms with van der Waals surface area (Å²) in [5.41, 5.74) is 0.0833. The first-order valence-corrected chi connectivity index (χ1v) is 11.0. The fraction of sp³-hybridized carbons (Fsp3) is 0.550. The Hall–Kier alpha value is -2.07. The second-order valence-electron chi connectivity index (χ2n) is 8.43. The van der Waals surface area contributed by atoms with Crippen LogP contribution in [-0.2, 0) is 16.1 Å². The van der Waals surface area contributed by atoms with Gasteiger partial charge in [-0.05, 0) is 57.7 Å². The van der Waals surface area contributed by atoms with Gasteiger partial charge < -0.3 is 14.2 Å². The third-order valence-electron chi connectivity index (χ3n) is 4.79. The highest BCUT2D eigenvalue weighted by molar-refractivity contribution is 7.16.